The lowest BCUT2D eigenvalue weighted by Crippen LogP contribution is -1.95. The molecule has 8 rings (SSSR count). The molecule has 8 aromatic rings. The molecule has 0 aliphatic carbocycles. The Labute approximate surface area is 233 Å². The maximum absolute atomic E-state index is 4.95. The topological polar surface area (TPSA) is 30.7 Å². The van der Waals surface area contributed by atoms with E-state index in [0.29, 0.717) is 0 Å². The molecule has 0 saturated carbocycles. The van der Waals surface area contributed by atoms with Crippen LogP contribution in [0.25, 0.3) is 70.7 Å². The van der Waals surface area contributed by atoms with Crippen molar-refractivity contribution in [2.24, 2.45) is 0 Å². The van der Waals surface area contributed by atoms with E-state index >= 15 is 0 Å². The number of fused-ring (bicyclic) bond motifs is 4. The van der Waals surface area contributed by atoms with Gasteiger partial charge in [-0.3, -0.25) is 4.98 Å². The van der Waals surface area contributed by atoms with Gasteiger partial charge >= 0.3 is 0 Å². The van der Waals surface area contributed by atoms with E-state index in [1.54, 1.807) is 22.7 Å². The van der Waals surface area contributed by atoms with Crippen LogP contribution in [0.5, 0.6) is 0 Å². The molecule has 4 aromatic heterocycles. The van der Waals surface area contributed by atoms with Gasteiger partial charge in [-0.1, -0.05) is 54.6 Å². The molecule has 0 unspecified atom stereocenters. The Kier molecular flexibility index (Phi) is 5.18. The van der Waals surface area contributed by atoms with Crippen LogP contribution in [0.2, 0.25) is 0 Å². The summed E-state index contributed by atoms with van der Waals surface area (Å²) < 4.78 is 3.60. The SMILES string of the molecule is c1ccc(-c2cccc(-n3c4cc(-c5ccsc5)ccc4c4ccc(-c5nc6ccccc6s5)cc43)c2)nc1. The molecule has 0 bridgehead atoms. The average Bonchev–Trinajstić information content (AvgIpc) is 3.75. The summed E-state index contributed by atoms with van der Waals surface area (Å²) in [6.45, 7) is 0. The summed E-state index contributed by atoms with van der Waals surface area (Å²) in [6, 6.07) is 38.8. The molecule has 4 heterocycles. The Morgan fingerprint density at radius 1 is 0.615 bits per heavy atom. The van der Waals surface area contributed by atoms with Gasteiger partial charge in [0.15, 0.2) is 0 Å². The molecule has 39 heavy (non-hydrogen) atoms. The number of aromatic nitrogens is 3. The molecular formula is C34H21N3S2. The van der Waals surface area contributed by atoms with Gasteiger partial charge in [-0.15, -0.1) is 11.3 Å². The van der Waals surface area contributed by atoms with Crippen molar-refractivity contribution in [3.8, 4) is 38.6 Å². The van der Waals surface area contributed by atoms with Crippen molar-refractivity contribution in [1.29, 1.82) is 0 Å². The first-order valence-corrected chi connectivity index (χ1v) is 14.6. The van der Waals surface area contributed by atoms with Gasteiger partial charge in [-0.2, -0.15) is 11.3 Å². The van der Waals surface area contributed by atoms with Crippen LogP contribution in [0, 0.1) is 0 Å². The molecule has 3 nitrogen and oxygen atoms in total. The summed E-state index contributed by atoms with van der Waals surface area (Å²) in [5, 5.41) is 7.85. The summed E-state index contributed by atoms with van der Waals surface area (Å²) in [5.74, 6) is 0. The second-order valence-electron chi connectivity index (χ2n) is 9.56. The molecule has 0 N–H and O–H groups in total. The fraction of sp³-hybridized carbons (Fsp3) is 0. The van der Waals surface area contributed by atoms with E-state index in [1.165, 1.54) is 37.6 Å². The highest BCUT2D eigenvalue weighted by Gasteiger charge is 2.16. The van der Waals surface area contributed by atoms with Gasteiger partial charge in [0.2, 0.25) is 0 Å². The normalized spacial score (nSPS) is 11.6. The standard InChI is InChI=1S/C34H21N3S2/c1-2-10-33-30(9-1)36-34(39-33)24-12-14-28-27-13-11-22(25-15-17-38-21-25)19-31(27)37(32(28)20-24)26-7-5-6-23(18-26)29-8-3-4-16-35-29/h1-21H. The largest absolute Gasteiger partial charge is 0.309 e. The van der Waals surface area contributed by atoms with E-state index in [9.17, 15) is 0 Å². The van der Waals surface area contributed by atoms with E-state index in [4.69, 9.17) is 4.98 Å². The number of thiophene rings is 1. The van der Waals surface area contributed by atoms with Crippen LogP contribution < -0.4 is 0 Å². The minimum atomic E-state index is 0.967. The minimum Gasteiger partial charge on any atom is -0.309 e. The molecule has 0 aliphatic rings. The zero-order chi connectivity index (χ0) is 25.8. The van der Waals surface area contributed by atoms with Gasteiger partial charge in [0.05, 0.1) is 26.9 Å². The van der Waals surface area contributed by atoms with Crippen LogP contribution in [0.3, 0.4) is 0 Å². The van der Waals surface area contributed by atoms with E-state index < -0.39 is 0 Å². The van der Waals surface area contributed by atoms with Crippen molar-refractivity contribution in [3.63, 3.8) is 0 Å². The first kappa shape index (κ1) is 22.4. The molecule has 0 spiro atoms. The van der Waals surface area contributed by atoms with Crippen molar-refractivity contribution in [3.05, 3.63) is 126 Å². The van der Waals surface area contributed by atoms with E-state index in [-0.39, 0.29) is 0 Å². The maximum Gasteiger partial charge on any atom is 0.124 e. The maximum atomic E-state index is 4.95. The summed E-state index contributed by atoms with van der Waals surface area (Å²) in [4.78, 5) is 9.55. The fourth-order valence-electron chi connectivity index (χ4n) is 5.37. The second-order valence-corrected chi connectivity index (χ2v) is 11.4. The predicted octanol–water partition coefficient (Wildman–Crippen LogP) is 9.85. The summed E-state index contributed by atoms with van der Waals surface area (Å²) in [5.41, 5.74) is 10.2. The monoisotopic (exact) mass is 535 g/mol. The van der Waals surface area contributed by atoms with Crippen molar-refractivity contribution in [2.45, 2.75) is 0 Å². The predicted molar refractivity (Wildman–Crippen MR) is 166 cm³/mol. The highest BCUT2D eigenvalue weighted by molar-refractivity contribution is 7.21. The van der Waals surface area contributed by atoms with Crippen LogP contribution in [-0.4, -0.2) is 14.5 Å². The lowest BCUT2D eigenvalue weighted by molar-refractivity contribution is 1.18. The van der Waals surface area contributed by atoms with Crippen LogP contribution in [0.4, 0.5) is 0 Å². The third kappa shape index (κ3) is 3.78. The zero-order valence-electron chi connectivity index (χ0n) is 20.8. The number of thiazole rings is 1. The molecule has 5 heteroatoms. The van der Waals surface area contributed by atoms with Gasteiger partial charge < -0.3 is 4.57 Å². The Hall–Kier alpha value is -4.58. The van der Waals surface area contributed by atoms with Crippen molar-refractivity contribution >= 4 is 54.7 Å². The van der Waals surface area contributed by atoms with Crippen LogP contribution in [0.15, 0.2) is 126 Å². The summed E-state index contributed by atoms with van der Waals surface area (Å²) in [6.07, 6.45) is 1.85. The first-order chi connectivity index (χ1) is 19.3. The number of nitrogens with zero attached hydrogens (tertiary/aromatic N) is 3. The molecule has 0 saturated heterocycles. The quantitative estimate of drug-likeness (QED) is 0.224. The van der Waals surface area contributed by atoms with Crippen LogP contribution in [0.1, 0.15) is 0 Å². The summed E-state index contributed by atoms with van der Waals surface area (Å²) >= 11 is 3.47. The van der Waals surface area contributed by atoms with E-state index in [0.717, 1.165) is 33.0 Å². The molecule has 184 valence electrons. The van der Waals surface area contributed by atoms with Crippen molar-refractivity contribution < 1.29 is 0 Å². The Morgan fingerprint density at radius 3 is 2.23 bits per heavy atom. The third-order valence-electron chi connectivity index (χ3n) is 7.23. The van der Waals surface area contributed by atoms with Gasteiger partial charge in [-0.05, 0) is 76.5 Å². The van der Waals surface area contributed by atoms with Crippen molar-refractivity contribution in [1.82, 2.24) is 14.5 Å². The Balaban J connectivity index is 1.40. The van der Waals surface area contributed by atoms with Gasteiger partial charge in [-0.25, -0.2) is 4.98 Å². The average molecular weight is 536 g/mol. The lowest BCUT2D eigenvalue weighted by atomic mass is 10.1. The minimum absolute atomic E-state index is 0.967. The highest BCUT2D eigenvalue weighted by Crippen LogP contribution is 2.39. The third-order valence-corrected chi connectivity index (χ3v) is 9.00. The van der Waals surface area contributed by atoms with E-state index in [2.05, 4.69) is 111 Å². The number of benzene rings is 4. The van der Waals surface area contributed by atoms with Gasteiger partial charge in [0.25, 0.3) is 0 Å². The molecular weight excluding hydrogens is 515 g/mol. The first-order valence-electron chi connectivity index (χ1n) is 12.8. The molecule has 0 atom stereocenters. The van der Waals surface area contributed by atoms with Gasteiger partial charge in [0.1, 0.15) is 5.01 Å². The Morgan fingerprint density at radius 2 is 1.44 bits per heavy atom. The second kappa shape index (κ2) is 9.02. The Bertz CT molecular complexity index is 2090. The summed E-state index contributed by atoms with van der Waals surface area (Å²) in [7, 11) is 0. The molecule has 0 radical (unpaired) electrons. The fourth-order valence-corrected chi connectivity index (χ4v) is 7.00. The molecule has 4 aromatic carbocycles. The number of hydrogen-bond acceptors (Lipinski definition) is 4. The number of hydrogen-bond donors (Lipinski definition) is 0. The van der Waals surface area contributed by atoms with Crippen LogP contribution in [-0.2, 0) is 0 Å². The smallest absolute Gasteiger partial charge is 0.124 e. The number of pyridine rings is 1. The molecule has 0 aliphatic heterocycles. The highest BCUT2D eigenvalue weighted by atomic mass is 32.1. The van der Waals surface area contributed by atoms with Crippen LogP contribution >= 0.6 is 22.7 Å². The lowest BCUT2D eigenvalue weighted by Gasteiger charge is -2.11. The number of para-hydroxylation sites is 1. The molecule has 0 amide bonds. The van der Waals surface area contributed by atoms with Crippen molar-refractivity contribution in [2.75, 3.05) is 0 Å². The zero-order valence-corrected chi connectivity index (χ0v) is 22.4. The number of rotatable bonds is 4. The van der Waals surface area contributed by atoms with E-state index in [1.807, 2.05) is 24.4 Å². The van der Waals surface area contributed by atoms with Gasteiger partial charge in [0, 0.05) is 33.8 Å². The molecule has 0 fully saturated rings.